The number of imide groups is 2. The van der Waals surface area contributed by atoms with Crippen molar-refractivity contribution in [1.29, 1.82) is 0 Å². The summed E-state index contributed by atoms with van der Waals surface area (Å²) in [6.07, 6.45) is 9.89. The number of amides is 5. The third-order valence-electron chi connectivity index (χ3n) is 13.7. The summed E-state index contributed by atoms with van der Waals surface area (Å²) in [6.45, 7) is 15.1. The highest BCUT2D eigenvalue weighted by Gasteiger charge is 2.46. The van der Waals surface area contributed by atoms with Crippen LogP contribution in [0.4, 0.5) is 5.82 Å². The Labute approximate surface area is 425 Å². The molecule has 1 unspecified atom stereocenters. The van der Waals surface area contributed by atoms with Gasteiger partial charge in [-0.3, -0.25) is 44.1 Å². The van der Waals surface area contributed by atoms with Gasteiger partial charge in [0.1, 0.15) is 30.0 Å². The molecule has 2 N–H and O–H groups in total. The standard InChI is InChI=1S/C57H59N9O7/c1-4-40-34-42(35-59-46(40)5-2)52-60-47-36-65(28-25-44(47)53(58-3)62-52)55(69)41-19-15-39(16-20-41)37-73-43-21-17-38(18-22-43)12-11-27-64-31-29-63(30-32-64)26-8-6-7-9-33-72-49-14-10-13-45-51(49)57(71)66(56(45)70)48-23-24-50(67)61-54(48)68/h4-5,10,13-22,34-35,48H,1-2,6-9,23-33,36-37H2,3H3,(H,58,60,62)(H,61,67,68). The second kappa shape index (κ2) is 23.0. The van der Waals surface area contributed by atoms with E-state index in [1.165, 1.54) is 0 Å². The van der Waals surface area contributed by atoms with Crippen LogP contribution in [0.5, 0.6) is 11.5 Å². The topological polar surface area (TPSA) is 180 Å². The van der Waals surface area contributed by atoms with Gasteiger partial charge in [0.15, 0.2) is 5.82 Å². The van der Waals surface area contributed by atoms with Gasteiger partial charge in [0.25, 0.3) is 17.7 Å². The molecule has 5 aromatic rings. The Hall–Kier alpha value is -8.00. The number of piperidine rings is 1. The molecule has 3 aromatic carbocycles. The third kappa shape index (κ3) is 11.5. The monoisotopic (exact) mass is 981 g/mol. The lowest BCUT2D eigenvalue weighted by atomic mass is 10.0. The van der Waals surface area contributed by atoms with Crippen molar-refractivity contribution < 1.29 is 33.4 Å². The van der Waals surface area contributed by atoms with Gasteiger partial charge < -0.3 is 24.6 Å². The second-order valence-corrected chi connectivity index (χ2v) is 18.5. The molecular formula is C57H59N9O7. The summed E-state index contributed by atoms with van der Waals surface area (Å²) in [5, 5.41) is 5.44. The minimum atomic E-state index is -1.01. The number of carbonyl (C=O) groups is 5. The van der Waals surface area contributed by atoms with E-state index < -0.39 is 29.7 Å². The lowest BCUT2D eigenvalue weighted by Gasteiger charge is -2.33. The van der Waals surface area contributed by atoms with Gasteiger partial charge in [-0.05, 0) is 98.5 Å². The van der Waals surface area contributed by atoms with Gasteiger partial charge in [0.05, 0.1) is 42.2 Å². The Morgan fingerprint density at radius 3 is 2.40 bits per heavy atom. The molecule has 16 nitrogen and oxygen atoms in total. The molecule has 73 heavy (non-hydrogen) atoms. The highest BCUT2D eigenvalue weighted by molar-refractivity contribution is 6.24. The van der Waals surface area contributed by atoms with Crippen molar-refractivity contribution in [2.24, 2.45) is 0 Å². The van der Waals surface area contributed by atoms with Crippen LogP contribution in [-0.4, -0.2) is 130 Å². The number of rotatable bonds is 18. The predicted molar refractivity (Wildman–Crippen MR) is 277 cm³/mol. The molecule has 2 saturated heterocycles. The first-order valence-corrected chi connectivity index (χ1v) is 25.0. The van der Waals surface area contributed by atoms with Crippen LogP contribution in [0.1, 0.15) is 103 Å². The number of nitrogens with zero attached hydrogens (tertiary/aromatic N) is 7. The Kier molecular flexibility index (Phi) is 15.8. The first-order valence-electron chi connectivity index (χ1n) is 25.0. The maximum absolute atomic E-state index is 13.7. The van der Waals surface area contributed by atoms with Crippen LogP contribution in [0, 0.1) is 11.8 Å². The molecule has 4 aliphatic rings. The lowest BCUT2D eigenvalue weighted by Crippen LogP contribution is -2.54. The molecule has 2 aromatic heterocycles. The molecule has 0 spiro atoms. The molecule has 0 aliphatic carbocycles. The summed E-state index contributed by atoms with van der Waals surface area (Å²) < 4.78 is 12.1. The number of hydrogen-bond acceptors (Lipinski definition) is 13. The molecule has 4 aliphatic heterocycles. The fourth-order valence-electron chi connectivity index (χ4n) is 9.62. The van der Waals surface area contributed by atoms with Gasteiger partial charge in [-0.2, -0.15) is 0 Å². The normalized spacial score (nSPS) is 16.8. The van der Waals surface area contributed by atoms with Crippen LogP contribution in [0.2, 0.25) is 0 Å². The largest absolute Gasteiger partial charge is 0.493 e. The molecular weight excluding hydrogens is 923 g/mol. The van der Waals surface area contributed by atoms with E-state index in [9.17, 15) is 24.0 Å². The smallest absolute Gasteiger partial charge is 0.266 e. The van der Waals surface area contributed by atoms with Crippen molar-refractivity contribution in [3.63, 3.8) is 0 Å². The number of benzene rings is 3. The number of nitrogens with one attached hydrogen (secondary N) is 2. The van der Waals surface area contributed by atoms with Crippen molar-refractivity contribution in [2.45, 2.75) is 64.1 Å². The molecule has 2 fully saturated rings. The van der Waals surface area contributed by atoms with E-state index in [4.69, 9.17) is 19.4 Å². The minimum Gasteiger partial charge on any atom is -0.493 e. The zero-order valence-electron chi connectivity index (χ0n) is 41.2. The van der Waals surface area contributed by atoms with Gasteiger partial charge in [-0.1, -0.05) is 62.1 Å². The van der Waals surface area contributed by atoms with Crippen LogP contribution >= 0.6 is 0 Å². The Morgan fingerprint density at radius 1 is 0.863 bits per heavy atom. The highest BCUT2D eigenvalue weighted by Crippen LogP contribution is 2.34. The maximum atomic E-state index is 13.7. The van der Waals surface area contributed by atoms with Crippen molar-refractivity contribution in [3.8, 4) is 34.7 Å². The molecule has 16 heteroatoms. The predicted octanol–water partition coefficient (Wildman–Crippen LogP) is 6.65. The summed E-state index contributed by atoms with van der Waals surface area (Å²) in [7, 11) is 1.84. The van der Waals surface area contributed by atoms with Crippen molar-refractivity contribution >= 4 is 47.5 Å². The number of aromatic nitrogens is 3. The van der Waals surface area contributed by atoms with E-state index in [0.29, 0.717) is 56.4 Å². The fraction of sp³-hybridized carbons (Fsp3) is 0.333. The zero-order chi connectivity index (χ0) is 50.8. The molecule has 6 heterocycles. The number of piperazine rings is 1. The van der Waals surface area contributed by atoms with Crippen LogP contribution in [-0.2, 0) is 29.2 Å². The van der Waals surface area contributed by atoms with Gasteiger partial charge in [-0.15, -0.1) is 0 Å². The number of ether oxygens (including phenoxy) is 2. The summed E-state index contributed by atoms with van der Waals surface area (Å²) >= 11 is 0. The zero-order valence-corrected chi connectivity index (χ0v) is 41.2. The van der Waals surface area contributed by atoms with E-state index in [-0.39, 0.29) is 29.9 Å². The summed E-state index contributed by atoms with van der Waals surface area (Å²) in [5.74, 6) is 6.80. The molecule has 1 atom stereocenters. The van der Waals surface area contributed by atoms with Crippen molar-refractivity contribution in [3.05, 3.63) is 142 Å². The average molecular weight is 982 g/mol. The number of hydrogen-bond donors (Lipinski definition) is 2. The van der Waals surface area contributed by atoms with Gasteiger partial charge in [0, 0.05) is 80.2 Å². The minimum absolute atomic E-state index is 0.0565. The van der Waals surface area contributed by atoms with Crippen molar-refractivity contribution in [2.75, 3.05) is 64.8 Å². The van der Waals surface area contributed by atoms with E-state index in [1.54, 1.807) is 36.5 Å². The summed E-state index contributed by atoms with van der Waals surface area (Å²) in [5.41, 5.74) is 7.04. The summed E-state index contributed by atoms with van der Waals surface area (Å²) in [6, 6.07) is 21.2. The van der Waals surface area contributed by atoms with Gasteiger partial charge >= 0.3 is 0 Å². The first-order chi connectivity index (χ1) is 35.6. The number of pyridine rings is 1. The third-order valence-corrected chi connectivity index (χ3v) is 13.7. The second-order valence-electron chi connectivity index (χ2n) is 18.5. The molecule has 0 radical (unpaired) electrons. The summed E-state index contributed by atoms with van der Waals surface area (Å²) in [4.78, 5) is 86.0. The molecule has 9 rings (SSSR count). The van der Waals surface area contributed by atoms with E-state index >= 15 is 0 Å². The van der Waals surface area contributed by atoms with Crippen LogP contribution in [0.25, 0.3) is 23.5 Å². The van der Waals surface area contributed by atoms with E-state index in [0.717, 1.165) is 114 Å². The van der Waals surface area contributed by atoms with Crippen molar-refractivity contribution in [1.82, 2.24) is 39.9 Å². The van der Waals surface area contributed by atoms with E-state index in [2.05, 4.69) is 50.4 Å². The fourth-order valence-corrected chi connectivity index (χ4v) is 9.62. The molecule has 0 bridgehead atoms. The van der Waals surface area contributed by atoms with Crippen LogP contribution in [0.15, 0.2) is 92.2 Å². The highest BCUT2D eigenvalue weighted by atomic mass is 16.5. The Morgan fingerprint density at radius 2 is 1.64 bits per heavy atom. The van der Waals surface area contributed by atoms with Gasteiger partial charge in [-0.25, -0.2) is 9.97 Å². The first kappa shape index (κ1) is 50.0. The van der Waals surface area contributed by atoms with Gasteiger partial charge in [0.2, 0.25) is 11.8 Å². The van der Waals surface area contributed by atoms with Crippen LogP contribution in [0.3, 0.4) is 0 Å². The van der Waals surface area contributed by atoms with Crippen LogP contribution < -0.4 is 20.1 Å². The Balaban J connectivity index is 0.655. The quantitative estimate of drug-likeness (QED) is 0.0542. The average Bonchev–Trinajstić information content (AvgIpc) is 3.68. The number of fused-ring (bicyclic) bond motifs is 2. The molecule has 5 amide bonds. The molecule has 0 saturated carbocycles. The number of unbranched alkanes of at least 4 members (excludes halogenated alkanes) is 3. The lowest BCUT2D eigenvalue weighted by molar-refractivity contribution is -0.136. The number of carbonyl (C=O) groups excluding carboxylic acids is 5. The Bertz CT molecular complexity index is 2990. The molecule has 374 valence electrons. The van der Waals surface area contributed by atoms with E-state index in [1.807, 2.05) is 66.5 Å². The SMILES string of the molecule is C=Cc1cc(-c2nc3c(c(NC)n2)CCN(C(=O)c2ccc(COc4ccc(C#CCN5CCN(CCCCCCOc6cccc7c6C(=O)N(C6CCC(=O)NC6=O)C7=O)CC5)cc4)cc2)C3)cnc1C=C. The maximum Gasteiger partial charge on any atom is 0.266 e. The number of anilines is 1.